The molecule has 13 heavy (non-hydrogen) atoms. The summed E-state index contributed by atoms with van der Waals surface area (Å²) in [6, 6.07) is 3.54. The monoisotopic (exact) mass is 192 g/mol. The molecule has 1 heterocycles. The molecule has 0 aliphatic carbocycles. The molecule has 0 unspecified atom stereocenters. The molecule has 0 radical (unpaired) electrons. The van der Waals surface area contributed by atoms with E-state index in [2.05, 4.69) is 11.9 Å². The van der Waals surface area contributed by atoms with Crippen molar-refractivity contribution in [2.24, 2.45) is 0 Å². The van der Waals surface area contributed by atoms with Gasteiger partial charge in [-0.25, -0.2) is 0 Å². The Morgan fingerprint density at radius 3 is 3.15 bits per heavy atom. The zero-order valence-electron chi connectivity index (χ0n) is 6.91. The van der Waals surface area contributed by atoms with Gasteiger partial charge in [-0.2, -0.15) is 5.26 Å². The molecule has 1 N–H and O–H groups in total. The van der Waals surface area contributed by atoms with Crippen LogP contribution in [0.5, 0.6) is 0 Å². The fourth-order valence-corrected chi connectivity index (χ4v) is 1.51. The van der Waals surface area contributed by atoms with Gasteiger partial charge in [0.15, 0.2) is 0 Å². The van der Waals surface area contributed by atoms with Crippen LogP contribution in [0.1, 0.15) is 15.2 Å². The number of nitrogens with one attached hydrogen (secondary N) is 1. The Morgan fingerprint density at radius 1 is 1.85 bits per heavy atom. The van der Waals surface area contributed by atoms with E-state index in [1.165, 1.54) is 11.3 Å². The number of hydrogen-bond acceptors (Lipinski definition) is 3. The van der Waals surface area contributed by atoms with E-state index in [0.29, 0.717) is 17.0 Å². The minimum Gasteiger partial charge on any atom is -0.348 e. The standard InChI is InChI=1S/C9H8N2OS/c1-2-3-11-9(12)8-4-7(5-10)6-13-8/h2,4,6H,1,3H2,(H,11,12). The number of carbonyl (C=O) groups is 1. The molecular weight excluding hydrogens is 184 g/mol. The van der Waals surface area contributed by atoms with Gasteiger partial charge in [-0.05, 0) is 6.07 Å². The van der Waals surface area contributed by atoms with Gasteiger partial charge in [0.05, 0.1) is 10.4 Å². The lowest BCUT2D eigenvalue weighted by Gasteiger charge is -1.96. The molecule has 0 saturated heterocycles. The average molecular weight is 192 g/mol. The molecule has 3 nitrogen and oxygen atoms in total. The fraction of sp³-hybridized carbons (Fsp3) is 0.111. The predicted molar refractivity (Wildman–Crippen MR) is 51.6 cm³/mol. The van der Waals surface area contributed by atoms with Crippen LogP contribution in [0.4, 0.5) is 0 Å². The summed E-state index contributed by atoms with van der Waals surface area (Å²) in [5.41, 5.74) is 0.522. The second-order valence-electron chi connectivity index (χ2n) is 2.31. The van der Waals surface area contributed by atoms with E-state index in [0.717, 1.165) is 0 Å². The summed E-state index contributed by atoms with van der Waals surface area (Å²) in [5, 5.41) is 12.8. The van der Waals surface area contributed by atoms with Gasteiger partial charge in [-0.3, -0.25) is 4.79 Å². The fourth-order valence-electron chi connectivity index (χ4n) is 0.766. The zero-order valence-corrected chi connectivity index (χ0v) is 7.73. The summed E-state index contributed by atoms with van der Waals surface area (Å²) >= 11 is 1.26. The second kappa shape index (κ2) is 4.43. The van der Waals surface area contributed by atoms with Crippen molar-refractivity contribution >= 4 is 17.2 Å². The highest BCUT2D eigenvalue weighted by molar-refractivity contribution is 7.12. The van der Waals surface area contributed by atoms with Crippen LogP contribution in [0.3, 0.4) is 0 Å². The maximum atomic E-state index is 11.3. The summed E-state index contributed by atoms with van der Waals surface area (Å²) < 4.78 is 0. The van der Waals surface area contributed by atoms with Crippen molar-refractivity contribution in [3.8, 4) is 6.07 Å². The number of rotatable bonds is 3. The molecule has 0 fully saturated rings. The van der Waals surface area contributed by atoms with Crippen molar-refractivity contribution in [2.75, 3.05) is 6.54 Å². The Kier molecular flexibility index (Phi) is 3.23. The predicted octanol–water partition coefficient (Wildman–Crippen LogP) is 1.54. The molecule has 0 saturated carbocycles. The summed E-state index contributed by atoms with van der Waals surface area (Å²) in [7, 11) is 0. The van der Waals surface area contributed by atoms with Crippen LogP contribution in [-0.2, 0) is 0 Å². The lowest BCUT2D eigenvalue weighted by atomic mass is 10.3. The SMILES string of the molecule is C=CCNC(=O)c1cc(C#N)cs1. The Balaban J connectivity index is 2.67. The summed E-state index contributed by atoms with van der Waals surface area (Å²) in [5.74, 6) is -0.161. The van der Waals surface area contributed by atoms with Gasteiger partial charge >= 0.3 is 0 Å². The molecule has 0 aromatic carbocycles. The lowest BCUT2D eigenvalue weighted by molar-refractivity contribution is 0.0962. The second-order valence-corrected chi connectivity index (χ2v) is 3.22. The summed E-state index contributed by atoms with van der Waals surface area (Å²) in [4.78, 5) is 11.8. The van der Waals surface area contributed by atoms with Gasteiger partial charge in [-0.1, -0.05) is 6.08 Å². The van der Waals surface area contributed by atoms with Gasteiger partial charge in [-0.15, -0.1) is 17.9 Å². The Hall–Kier alpha value is -1.60. The molecule has 0 atom stereocenters. The first-order valence-electron chi connectivity index (χ1n) is 3.65. The first-order valence-corrected chi connectivity index (χ1v) is 4.53. The van der Waals surface area contributed by atoms with Crippen LogP contribution in [0.15, 0.2) is 24.1 Å². The number of hydrogen-bond donors (Lipinski definition) is 1. The minimum atomic E-state index is -0.161. The molecule has 1 aromatic rings. The van der Waals surface area contributed by atoms with Gasteiger partial charge in [0.25, 0.3) is 5.91 Å². The van der Waals surface area contributed by atoms with Crippen molar-refractivity contribution in [1.82, 2.24) is 5.32 Å². The summed E-state index contributed by atoms with van der Waals surface area (Å²) in [6.45, 7) is 3.93. The quantitative estimate of drug-likeness (QED) is 0.738. The normalized spacial score (nSPS) is 8.85. The maximum Gasteiger partial charge on any atom is 0.261 e. The van der Waals surface area contributed by atoms with Crippen LogP contribution in [-0.4, -0.2) is 12.5 Å². The van der Waals surface area contributed by atoms with Crippen LogP contribution < -0.4 is 5.32 Å². The topological polar surface area (TPSA) is 52.9 Å². The van der Waals surface area contributed by atoms with E-state index in [9.17, 15) is 4.79 Å². The molecule has 1 amide bonds. The number of amides is 1. The van der Waals surface area contributed by atoms with E-state index >= 15 is 0 Å². The van der Waals surface area contributed by atoms with Gasteiger partial charge in [0.2, 0.25) is 0 Å². The number of nitriles is 1. The third-order valence-corrected chi connectivity index (χ3v) is 2.29. The van der Waals surface area contributed by atoms with E-state index < -0.39 is 0 Å². The average Bonchev–Trinajstić information content (AvgIpc) is 2.62. The third kappa shape index (κ3) is 2.42. The lowest BCUT2D eigenvalue weighted by Crippen LogP contribution is -2.21. The molecule has 0 bridgehead atoms. The highest BCUT2D eigenvalue weighted by Crippen LogP contribution is 2.13. The van der Waals surface area contributed by atoms with Crippen molar-refractivity contribution in [2.45, 2.75) is 0 Å². The van der Waals surface area contributed by atoms with Crippen molar-refractivity contribution < 1.29 is 4.79 Å². The minimum absolute atomic E-state index is 0.161. The molecule has 1 rings (SSSR count). The van der Waals surface area contributed by atoms with E-state index in [1.807, 2.05) is 6.07 Å². The van der Waals surface area contributed by atoms with E-state index in [-0.39, 0.29) is 5.91 Å². The van der Waals surface area contributed by atoms with Crippen LogP contribution in [0, 0.1) is 11.3 Å². The van der Waals surface area contributed by atoms with Gasteiger partial charge in [0, 0.05) is 11.9 Å². The third-order valence-electron chi connectivity index (χ3n) is 1.36. The van der Waals surface area contributed by atoms with Crippen LogP contribution in [0.2, 0.25) is 0 Å². The number of thiophene rings is 1. The molecule has 66 valence electrons. The Labute approximate surface area is 80.3 Å². The van der Waals surface area contributed by atoms with Crippen LogP contribution >= 0.6 is 11.3 Å². The molecule has 4 heteroatoms. The van der Waals surface area contributed by atoms with Crippen LogP contribution in [0.25, 0.3) is 0 Å². The van der Waals surface area contributed by atoms with E-state index in [4.69, 9.17) is 5.26 Å². The van der Waals surface area contributed by atoms with Gasteiger partial charge in [0.1, 0.15) is 6.07 Å². The molecule has 0 aliphatic heterocycles. The Bertz CT molecular complexity index is 362. The van der Waals surface area contributed by atoms with Crippen molar-refractivity contribution in [1.29, 1.82) is 5.26 Å². The largest absolute Gasteiger partial charge is 0.348 e. The zero-order chi connectivity index (χ0) is 9.68. The Morgan fingerprint density at radius 2 is 2.62 bits per heavy atom. The first-order chi connectivity index (χ1) is 6.27. The molecular formula is C9H8N2OS. The smallest absolute Gasteiger partial charge is 0.261 e. The van der Waals surface area contributed by atoms with E-state index in [1.54, 1.807) is 17.5 Å². The molecule has 0 aliphatic rings. The van der Waals surface area contributed by atoms with Crippen molar-refractivity contribution in [3.63, 3.8) is 0 Å². The highest BCUT2D eigenvalue weighted by atomic mass is 32.1. The van der Waals surface area contributed by atoms with Gasteiger partial charge < -0.3 is 5.32 Å². The molecule has 0 spiro atoms. The summed E-state index contributed by atoms with van der Waals surface area (Å²) in [6.07, 6.45) is 1.61. The maximum absolute atomic E-state index is 11.3. The van der Waals surface area contributed by atoms with Crippen molar-refractivity contribution in [3.05, 3.63) is 34.5 Å². The molecule has 1 aromatic heterocycles. The number of nitrogens with zero attached hydrogens (tertiary/aromatic N) is 1. The highest BCUT2D eigenvalue weighted by Gasteiger charge is 2.06. The first kappa shape index (κ1) is 9.49. The number of carbonyl (C=O) groups excluding carboxylic acids is 1.